The van der Waals surface area contributed by atoms with Crippen molar-refractivity contribution in [3.05, 3.63) is 35.9 Å². The van der Waals surface area contributed by atoms with Gasteiger partial charge in [-0.25, -0.2) is 0 Å². The summed E-state index contributed by atoms with van der Waals surface area (Å²) in [6, 6.07) is 9.20. The van der Waals surface area contributed by atoms with Gasteiger partial charge in [0.1, 0.15) is 6.61 Å². The van der Waals surface area contributed by atoms with Gasteiger partial charge in [0.2, 0.25) is 5.91 Å². The van der Waals surface area contributed by atoms with Crippen LogP contribution in [0.1, 0.15) is 52.6 Å². The SMILES string of the molecule is CCC(C)(C)NC(=O)[C@H]1OCC(=O)N(C(C)C)[C@@H]1c1ccccc1. The lowest BCUT2D eigenvalue weighted by atomic mass is 9.94. The van der Waals surface area contributed by atoms with Gasteiger partial charge in [0.25, 0.3) is 5.91 Å². The van der Waals surface area contributed by atoms with E-state index in [9.17, 15) is 9.59 Å². The lowest BCUT2D eigenvalue weighted by Gasteiger charge is -2.43. The molecule has 0 aromatic heterocycles. The van der Waals surface area contributed by atoms with E-state index in [4.69, 9.17) is 4.74 Å². The minimum absolute atomic E-state index is 0.0129. The number of carbonyl (C=O) groups is 2. The van der Waals surface area contributed by atoms with E-state index in [-0.39, 0.29) is 30.0 Å². The zero-order chi connectivity index (χ0) is 17.9. The summed E-state index contributed by atoms with van der Waals surface area (Å²) in [5.41, 5.74) is 0.597. The van der Waals surface area contributed by atoms with Gasteiger partial charge >= 0.3 is 0 Å². The van der Waals surface area contributed by atoms with Crippen molar-refractivity contribution in [3.8, 4) is 0 Å². The molecule has 1 aliphatic rings. The first-order valence-electron chi connectivity index (χ1n) is 8.56. The third-order valence-corrected chi connectivity index (χ3v) is 4.56. The molecule has 1 aromatic carbocycles. The molecule has 5 nitrogen and oxygen atoms in total. The number of rotatable bonds is 5. The van der Waals surface area contributed by atoms with Crippen LogP contribution in [-0.4, -0.2) is 41.0 Å². The molecule has 1 fully saturated rings. The van der Waals surface area contributed by atoms with Crippen molar-refractivity contribution in [2.45, 2.75) is 64.8 Å². The van der Waals surface area contributed by atoms with Crippen LogP contribution in [0.5, 0.6) is 0 Å². The number of hydrogen-bond acceptors (Lipinski definition) is 3. The van der Waals surface area contributed by atoms with Gasteiger partial charge in [-0.3, -0.25) is 9.59 Å². The van der Waals surface area contributed by atoms with E-state index in [1.54, 1.807) is 4.90 Å². The molecule has 1 saturated heterocycles. The number of nitrogens with zero attached hydrogens (tertiary/aromatic N) is 1. The highest BCUT2D eigenvalue weighted by Gasteiger charge is 2.43. The van der Waals surface area contributed by atoms with E-state index >= 15 is 0 Å². The summed E-state index contributed by atoms with van der Waals surface area (Å²) < 4.78 is 5.69. The van der Waals surface area contributed by atoms with E-state index in [1.165, 1.54) is 0 Å². The lowest BCUT2D eigenvalue weighted by Crippen LogP contribution is -2.58. The van der Waals surface area contributed by atoms with Gasteiger partial charge in [-0.1, -0.05) is 37.3 Å². The topological polar surface area (TPSA) is 58.6 Å². The Balaban J connectivity index is 2.37. The quantitative estimate of drug-likeness (QED) is 0.902. The van der Waals surface area contributed by atoms with Gasteiger partial charge in [0.15, 0.2) is 6.10 Å². The molecule has 2 rings (SSSR count). The number of morpholine rings is 1. The summed E-state index contributed by atoms with van der Waals surface area (Å²) >= 11 is 0. The Hall–Kier alpha value is -1.88. The highest BCUT2D eigenvalue weighted by Crippen LogP contribution is 2.32. The highest BCUT2D eigenvalue weighted by molar-refractivity contribution is 5.87. The Labute approximate surface area is 144 Å². The monoisotopic (exact) mass is 332 g/mol. The average molecular weight is 332 g/mol. The van der Waals surface area contributed by atoms with Crippen LogP contribution in [0, 0.1) is 0 Å². The Kier molecular flexibility index (Phi) is 5.65. The predicted octanol–water partition coefficient (Wildman–Crippen LogP) is 2.67. The Morgan fingerprint density at radius 3 is 2.50 bits per heavy atom. The maximum atomic E-state index is 12.9. The van der Waals surface area contributed by atoms with Crippen LogP contribution in [0.4, 0.5) is 0 Å². The number of benzene rings is 1. The summed E-state index contributed by atoms with van der Waals surface area (Å²) in [6.07, 6.45) is 0.104. The molecule has 0 bridgehead atoms. The minimum Gasteiger partial charge on any atom is -0.356 e. The number of ether oxygens (including phenoxy) is 1. The molecule has 0 spiro atoms. The number of carbonyl (C=O) groups excluding carboxylic acids is 2. The molecule has 132 valence electrons. The summed E-state index contributed by atoms with van der Waals surface area (Å²) in [7, 11) is 0. The fourth-order valence-electron chi connectivity index (χ4n) is 2.93. The first-order chi connectivity index (χ1) is 11.3. The van der Waals surface area contributed by atoms with Gasteiger partial charge in [0.05, 0.1) is 6.04 Å². The van der Waals surface area contributed by atoms with E-state index in [1.807, 2.05) is 65.0 Å². The van der Waals surface area contributed by atoms with Crippen molar-refractivity contribution < 1.29 is 14.3 Å². The molecule has 24 heavy (non-hydrogen) atoms. The fraction of sp³-hybridized carbons (Fsp3) is 0.579. The molecule has 0 saturated carbocycles. The zero-order valence-corrected chi connectivity index (χ0v) is 15.2. The lowest BCUT2D eigenvalue weighted by molar-refractivity contribution is -0.167. The summed E-state index contributed by atoms with van der Waals surface area (Å²) in [6.45, 7) is 9.86. The molecule has 0 unspecified atom stereocenters. The average Bonchev–Trinajstić information content (AvgIpc) is 2.54. The summed E-state index contributed by atoms with van der Waals surface area (Å²) in [4.78, 5) is 27.0. The molecule has 0 aliphatic carbocycles. The third-order valence-electron chi connectivity index (χ3n) is 4.56. The molecule has 1 aliphatic heterocycles. The van der Waals surface area contributed by atoms with Gasteiger partial charge in [-0.05, 0) is 39.7 Å². The van der Waals surface area contributed by atoms with E-state index < -0.39 is 12.1 Å². The third kappa shape index (κ3) is 3.96. The molecule has 1 heterocycles. The fourth-order valence-corrected chi connectivity index (χ4v) is 2.93. The van der Waals surface area contributed by atoms with Crippen molar-refractivity contribution in [1.29, 1.82) is 0 Å². The van der Waals surface area contributed by atoms with Crippen LogP contribution in [0.15, 0.2) is 30.3 Å². The van der Waals surface area contributed by atoms with Crippen LogP contribution >= 0.6 is 0 Å². The van der Waals surface area contributed by atoms with E-state index in [2.05, 4.69) is 5.32 Å². The molecule has 1 N–H and O–H groups in total. The first kappa shape index (κ1) is 18.5. The number of amides is 2. The molecule has 2 atom stereocenters. The van der Waals surface area contributed by atoms with Gasteiger partial charge in [0, 0.05) is 11.6 Å². The largest absolute Gasteiger partial charge is 0.356 e. The molecule has 5 heteroatoms. The highest BCUT2D eigenvalue weighted by atomic mass is 16.5. The molecular formula is C19H28N2O3. The predicted molar refractivity (Wildman–Crippen MR) is 93.4 cm³/mol. The Morgan fingerprint density at radius 1 is 1.33 bits per heavy atom. The van der Waals surface area contributed by atoms with Crippen LogP contribution in [0.2, 0.25) is 0 Å². The second kappa shape index (κ2) is 7.34. The molecule has 1 aromatic rings. The van der Waals surface area contributed by atoms with E-state index in [0.717, 1.165) is 12.0 Å². The Morgan fingerprint density at radius 2 is 1.96 bits per heavy atom. The van der Waals surface area contributed by atoms with Crippen LogP contribution in [0.25, 0.3) is 0 Å². The van der Waals surface area contributed by atoms with Crippen LogP contribution in [-0.2, 0) is 14.3 Å². The van der Waals surface area contributed by atoms with Crippen LogP contribution in [0.3, 0.4) is 0 Å². The smallest absolute Gasteiger partial charge is 0.252 e. The van der Waals surface area contributed by atoms with Gasteiger partial charge < -0.3 is 15.0 Å². The number of nitrogens with one attached hydrogen (secondary N) is 1. The second-order valence-corrected chi connectivity index (χ2v) is 7.21. The van der Waals surface area contributed by atoms with Gasteiger partial charge in [-0.2, -0.15) is 0 Å². The molecular weight excluding hydrogens is 304 g/mol. The maximum absolute atomic E-state index is 12.9. The minimum atomic E-state index is -0.710. The molecule has 2 amide bonds. The van der Waals surface area contributed by atoms with E-state index in [0.29, 0.717) is 0 Å². The first-order valence-corrected chi connectivity index (χ1v) is 8.56. The molecule has 0 radical (unpaired) electrons. The maximum Gasteiger partial charge on any atom is 0.252 e. The second-order valence-electron chi connectivity index (χ2n) is 7.21. The normalized spacial score (nSPS) is 21.9. The standard InChI is InChI=1S/C19H28N2O3/c1-6-19(4,5)20-18(23)17-16(14-10-8-7-9-11-14)21(13(2)3)15(22)12-24-17/h7-11,13,16-17H,6,12H2,1-5H3,(H,20,23)/t16-,17+/m1/s1. The summed E-state index contributed by atoms with van der Waals surface area (Å²) in [5, 5.41) is 3.05. The zero-order valence-electron chi connectivity index (χ0n) is 15.2. The number of hydrogen-bond donors (Lipinski definition) is 1. The van der Waals surface area contributed by atoms with Crippen molar-refractivity contribution in [3.63, 3.8) is 0 Å². The van der Waals surface area contributed by atoms with Crippen molar-refractivity contribution >= 4 is 11.8 Å². The van der Waals surface area contributed by atoms with Crippen LogP contribution < -0.4 is 5.32 Å². The summed E-state index contributed by atoms with van der Waals surface area (Å²) in [5.74, 6) is -0.258. The Bertz CT molecular complexity index is 584. The van der Waals surface area contributed by atoms with Crippen molar-refractivity contribution in [2.75, 3.05) is 6.61 Å². The van der Waals surface area contributed by atoms with Gasteiger partial charge in [-0.15, -0.1) is 0 Å². The van der Waals surface area contributed by atoms with Crippen molar-refractivity contribution in [2.24, 2.45) is 0 Å². The van der Waals surface area contributed by atoms with Crippen molar-refractivity contribution in [1.82, 2.24) is 10.2 Å².